The van der Waals surface area contributed by atoms with Crippen LogP contribution < -0.4 is 5.56 Å². The van der Waals surface area contributed by atoms with Crippen LogP contribution >= 0.6 is 34.8 Å². The van der Waals surface area contributed by atoms with E-state index in [9.17, 15) is 9.90 Å². The Hall–Kier alpha value is -2.79. The highest BCUT2D eigenvalue weighted by molar-refractivity contribution is 6.35. The molecule has 0 unspecified atom stereocenters. The van der Waals surface area contributed by atoms with E-state index < -0.39 is 0 Å². The molecule has 0 bridgehead atoms. The molecule has 0 atom stereocenters. The van der Waals surface area contributed by atoms with E-state index in [2.05, 4.69) is 4.99 Å². The molecule has 29 heavy (non-hydrogen) atoms. The summed E-state index contributed by atoms with van der Waals surface area (Å²) in [5, 5.41) is 13.2. The largest absolute Gasteiger partial charge is 0.494 e. The molecule has 0 aliphatic rings. The van der Waals surface area contributed by atoms with Gasteiger partial charge in [0.05, 0.1) is 22.0 Å². The van der Waals surface area contributed by atoms with Gasteiger partial charge in [-0.25, -0.2) is 4.57 Å². The number of hydrogen-bond donors (Lipinski definition) is 1. The van der Waals surface area contributed by atoms with E-state index in [1.54, 1.807) is 66.7 Å². The topological polar surface area (TPSA) is 54.6 Å². The normalized spacial score (nSPS) is 11.4. The third-order valence-electron chi connectivity index (χ3n) is 4.39. The minimum atomic E-state index is -0.380. The summed E-state index contributed by atoms with van der Waals surface area (Å²) < 4.78 is 1.18. The Balaban J connectivity index is 2.00. The Morgan fingerprint density at radius 2 is 1.48 bits per heavy atom. The van der Waals surface area contributed by atoms with Gasteiger partial charge in [-0.3, -0.25) is 9.79 Å². The van der Waals surface area contributed by atoms with E-state index in [-0.39, 0.29) is 11.4 Å². The average Bonchev–Trinajstić information content (AvgIpc) is 2.69. The molecule has 144 valence electrons. The SMILES string of the molecule is O=c1c2ccccc2c(C=Nc2cc(Cl)cc(Cl)c2)c(O)n1-c1ccccc1Cl. The highest BCUT2D eigenvalue weighted by atomic mass is 35.5. The Morgan fingerprint density at radius 3 is 2.17 bits per heavy atom. The first-order valence-electron chi connectivity index (χ1n) is 8.57. The molecule has 0 aliphatic carbocycles. The molecule has 0 saturated heterocycles. The maximum absolute atomic E-state index is 13.1. The predicted molar refractivity (Wildman–Crippen MR) is 120 cm³/mol. The number of halogens is 3. The molecule has 3 aromatic carbocycles. The first-order chi connectivity index (χ1) is 14.0. The van der Waals surface area contributed by atoms with Gasteiger partial charge in [0, 0.05) is 27.0 Å². The summed E-state index contributed by atoms with van der Waals surface area (Å²) in [4.78, 5) is 17.5. The first kappa shape index (κ1) is 19.5. The van der Waals surface area contributed by atoms with Crippen molar-refractivity contribution >= 4 is 57.5 Å². The van der Waals surface area contributed by atoms with Gasteiger partial charge in [0.25, 0.3) is 5.56 Å². The van der Waals surface area contributed by atoms with Crippen LogP contribution in [0.1, 0.15) is 5.56 Å². The lowest BCUT2D eigenvalue weighted by Gasteiger charge is -2.14. The van der Waals surface area contributed by atoms with E-state index in [1.807, 2.05) is 0 Å². The Kier molecular flexibility index (Phi) is 5.33. The molecule has 0 saturated carbocycles. The van der Waals surface area contributed by atoms with Crippen LogP contribution in [-0.4, -0.2) is 15.9 Å². The molecule has 0 fully saturated rings. The van der Waals surface area contributed by atoms with Crippen molar-refractivity contribution < 1.29 is 5.11 Å². The maximum Gasteiger partial charge on any atom is 0.265 e. The second kappa shape index (κ2) is 7.91. The minimum Gasteiger partial charge on any atom is -0.494 e. The average molecular weight is 444 g/mol. The summed E-state index contributed by atoms with van der Waals surface area (Å²) in [6.45, 7) is 0. The molecule has 7 heteroatoms. The minimum absolute atomic E-state index is 0.265. The molecule has 0 spiro atoms. The van der Waals surface area contributed by atoms with Crippen molar-refractivity contribution in [3.63, 3.8) is 0 Å². The van der Waals surface area contributed by atoms with Crippen molar-refractivity contribution in [2.45, 2.75) is 0 Å². The molecule has 1 N–H and O–H groups in total. The number of para-hydroxylation sites is 1. The number of pyridine rings is 1. The van der Waals surface area contributed by atoms with E-state index in [0.29, 0.717) is 42.8 Å². The number of benzene rings is 3. The van der Waals surface area contributed by atoms with Crippen LogP contribution in [0.15, 0.2) is 76.5 Å². The van der Waals surface area contributed by atoms with Gasteiger partial charge in [0.15, 0.2) is 0 Å². The molecule has 0 aliphatic heterocycles. The molecular weight excluding hydrogens is 431 g/mol. The maximum atomic E-state index is 13.1. The first-order valence-corrected chi connectivity index (χ1v) is 9.71. The number of aliphatic imine (C=N–C) groups is 1. The number of aromatic hydroxyl groups is 1. The lowest BCUT2D eigenvalue weighted by atomic mass is 10.1. The van der Waals surface area contributed by atoms with E-state index in [4.69, 9.17) is 34.8 Å². The molecular formula is C22H13Cl3N2O2. The number of rotatable bonds is 3. The Morgan fingerprint density at radius 1 is 0.862 bits per heavy atom. The van der Waals surface area contributed by atoms with E-state index in [0.717, 1.165) is 0 Å². The van der Waals surface area contributed by atoms with Gasteiger partial charge in [-0.05, 0) is 36.4 Å². The summed E-state index contributed by atoms with van der Waals surface area (Å²) in [6.07, 6.45) is 1.48. The van der Waals surface area contributed by atoms with E-state index in [1.165, 1.54) is 10.8 Å². The third-order valence-corrected chi connectivity index (χ3v) is 5.14. The summed E-state index contributed by atoms with van der Waals surface area (Å²) >= 11 is 18.3. The zero-order valence-corrected chi connectivity index (χ0v) is 17.1. The highest BCUT2D eigenvalue weighted by Crippen LogP contribution is 2.30. The fourth-order valence-electron chi connectivity index (χ4n) is 3.10. The fraction of sp³-hybridized carbons (Fsp3) is 0. The second-order valence-corrected chi connectivity index (χ2v) is 7.54. The summed E-state index contributed by atoms with van der Waals surface area (Å²) in [6, 6.07) is 18.7. The van der Waals surface area contributed by atoms with Crippen molar-refractivity contribution in [1.29, 1.82) is 0 Å². The van der Waals surface area contributed by atoms with Crippen molar-refractivity contribution in [2.75, 3.05) is 0 Å². The Labute approximate surface area is 181 Å². The lowest BCUT2D eigenvalue weighted by molar-refractivity contribution is 0.436. The number of nitrogens with zero attached hydrogens (tertiary/aromatic N) is 2. The van der Waals surface area contributed by atoms with Gasteiger partial charge in [0.2, 0.25) is 5.88 Å². The summed E-state index contributed by atoms with van der Waals surface area (Å²) in [5.74, 6) is -0.265. The van der Waals surface area contributed by atoms with Crippen LogP contribution in [-0.2, 0) is 0 Å². The van der Waals surface area contributed by atoms with E-state index >= 15 is 0 Å². The zero-order valence-electron chi connectivity index (χ0n) is 14.8. The standard InChI is InChI=1S/C22H13Cl3N2O2/c23-13-9-14(24)11-15(10-13)26-12-18-16-5-1-2-6-17(16)21(28)27(22(18)29)20-8-4-3-7-19(20)25/h1-12,29H. The van der Waals surface area contributed by atoms with Crippen LogP contribution in [0.3, 0.4) is 0 Å². The predicted octanol–water partition coefficient (Wildman–Crippen LogP) is 6.41. The van der Waals surface area contributed by atoms with Crippen LogP contribution in [0.4, 0.5) is 5.69 Å². The summed E-state index contributed by atoms with van der Waals surface area (Å²) in [5.41, 5.74) is 0.884. The molecule has 0 radical (unpaired) electrons. The molecule has 0 amide bonds. The molecule has 4 rings (SSSR count). The fourth-order valence-corrected chi connectivity index (χ4v) is 3.83. The van der Waals surface area contributed by atoms with Gasteiger partial charge in [0.1, 0.15) is 0 Å². The van der Waals surface area contributed by atoms with Crippen molar-refractivity contribution in [3.8, 4) is 11.6 Å². The zero-order chi connectivity index (χ0) is 20.5. The van der Waals surface area contributed by atoms with Gasteiger partial charge in [-0.1, -0.05) is 65.1 Å². The molecule has 1 heterocycles. The van der Waals surface area contributed by atoms with Crippen molar-refractivity contribution in [3.05, 3.63) is 97.7 Å². The second-order valence-electron chi connectivity index (χ2n) is 6.26. The number of fused-ring (bicyclic) bond motifs is 1. The number of hydrogen-bond acceptors (Lipinski definition) is 3. The summed E-state index contributed by atoms with van der Waals surface area (Å²) in [7, 11) is 0. The van der Waals surface area contributed by atoms with Crippen LogP contribution in [0, 0.1) is 0 Å². The number of aromatic nitrogens is 1. The van der Waals surface area contributed by atoms with Crippen molar-refractivity contribution in [1.82, 2.24) is 4.57 Å². The lowest BCUT2D eigenvalue weighted by Crippen LogP contribution is -2.20. The van der Waals surface area contributed by atoms with Gasteiger partial charge < -0.3 is 5.11 Å². The third kappa shape index (κ3) is 3.75. The van der Waals surface area contributed by atoms with Gasteiger partial charge in [-0.15, -0.1) is 0 Å². The quantitative estimate of drug-likeness (QED) is 0.372. The monoisotopic (exact) mass is 442 g/mol. The molecule has 4 aromatic rings. The van der Waals surface area contributed by atoms with Crippen molar-refractivity contribution in [2.24, 2.45) is 4.99 Å². The van der Waals surface area contributed by atoms with Crippen LogP contribution in [0.2, 0.25) is 15.1 Å². The van der Waals surface area contributed by atoms with Gasteiger partial charge in [-0.2, -0.15) is 0 Å². The van der Waals surface area contributed by atoms with Crippen LogP contribution in [0.25, 0.3) is 16.5 Å². The van der Waals surface area contributed by atoms with Gasteiger partial charge >= 0.3 is 0 Å². The van der Waals surface area contributed by atoms with Crippen LogP contribution in [0.5, 0.6) is 5.88 Å². The highest BCUT2D eigenvalue weighted by Gasteiger charge is 2.17. The molecule has 4 nitrogen and oxygen atoms in total. The molecule has 1 aromatic heterocycles. The Bertz CT molecular complexity index is 1310. The smallest absolute Gasteiger partial charge is 0.265 e.